The Hall–Kier alpha value is -2.80. The zero-order chi connectivity index (χ0) is 22.6. The Kier molecular flexibility index (Phi) is 7.05. The van der Waals surface area contributed by atoms with Gasteiger partial charge in [0.2, 0.25) is 0 Å². The standard InChI is InChI=1S/C23H20Cl2N2O3S/c1-3-14-27(21-11-7-5-9-18(21)24)31(29,30)22-15-17(12-13-19(22)25)23(28)26-20-10-6-4-8-16(20)2/h3-13,15H,1,14H2,2H3,(H,26,28). The molecule has 0 aliphatic carbocycles. The molecule has 3 aromatic rings. The van der Waals surface area contributed by atoms with Gasteiger partial charge in [0.15, 0.2) is 0 Å². The summed E-state index contributed by atoms with van der Waals surface area (Å²) >= 11 is 12.5. The second-order valence-corrected chi connectivity index (χ2v) is 9.34. The van der Waals surface area contributed by atoms with E-state index in [0.717, 1.165) is 9.87 Å². The Morgan fingerprint density at radius 3 is 2.39 bits per heavy atom. The van der Waals surface area contributed by atoms with Crippen molar-refractivity contribution in [2.75, 3.05) is 16.2 Å². The van der Waals surface area contributed by atoms with Gasteiger partial charge in [-0.25, -0.2) is 8.42 Å². The lowest BCUT2D eigenvalue weighted by molar-refractivity contribution is 0.102. The van der Waals surface area contributed by atoms with E-state index < -0.39 is 15.9 Å². The maximum atomic E-state index is 13.5. The minimum absolute atomic E-state index is 0.00597. The number of anilines is 2. The molecule has 0 atom stereocenters. The fourth-order valence-corrected chi connectivity index (χ4v) is 5.21. The minimum Gasteiger partial charge on any atom is -0.322 e. The van der Waals surface area contributed by atoms with Crippen LogP contribution >= 0.6 is 23.2 Å². The number of carbonyl (C=O) groups is 1. The quantitative estimate of drug-likeness (QED) is 0.431. The van der Waals surface area contributed by atoms with Crippen LogP contribution in [0.5, 0.6) is 0 Å². The van der Waals surface area contributed by atoms with Crippen LogP contribution in [0.15, 0.2) is 84.3 Å². The topological polar surface area (TPSA) is 66.5 Å². The van der Waals surface area contributed by atoms with E-state index in [4.69, 9.17) is 23.2 Å². The summed E-state index contributed by atoms with van der Waals surface area (Å²) in [5.74, 6) is -0.449. The third kappa shape index (κ3) is 4.93. The fraction of sp³-hybridized carbons (Fsp3) is 0.0870. The molecule has 5 nitrogen and oxygen atoms in total. The van der Waals surface area contributed by atoms with Crippen molar-refractivity contribution in [1.82, 2.24) is 0 Å². The SMILES string of the molecule is C=CCN(c1ccccc1Cl)S(=O)(=O)c1cc(C(=O)Nc2ccccc2C)ccc1Cl. The molecule has 3 rings (SSSR count). The number of para-hydroxylation sites is 2. The summed E-state index contributed by atoms with van der Waals surface area (Å²) in [5.41, 5.74) is 1.96. The van der Waals surface area contributed by atoms with Crippen LogP contribution in [-0.2, 0) is 10.0 Å². The van der Waals surface area contributed by atoms with Gasteiger partial charge >= 0.3 is 0 Å². The van der Waals surface area contributed by atoms with Crippen molar-refractivity contribution in [2.45, 2.75) is 11.8 Å². The van der Waals surface area contributed by atoms with Crippen molar-refractivity contribution in [1.29, 1.82) is 0 Å². The van der Waals surface area contributed by atoms with Gasteiger partial charge in [0.25, 0.3) is 15.9 Å². The number of halogens is 2. The molecule has 8 heteroatoms. The molecular formula is C23H20Cl2N2O3S. The van der Waals surface area contributed by atoms with Crippen LogP contribution in [0.2, 0.25) is 10.0 Å². The predicted molar refractivity (Wildman–Crippen MR) is 127 cm³/mol. The van der Waals surface area contributed by atoms with Gasteiger partial charge in [-0.3, -0.25) is 9.10 Å². The Morgan fingerprint density at radius 2 is 1.71 bits per heavy atom. The number of benzene rings is 3. The van der Waals surface area contributed by atoms with E-state index in [9.17, 15) is 13.2 Å². The van der Waals surface area contributed by atoms with Crippen LogP contribution in [0.25, 0.3) is 0 Å². The first-order valence-corrected chi connectivity index (χ1v) is 11.5. The van der Waals surface area contributed by atoms with Gasteiger partial charge in [0.05, 0.1) is 22.3 Å². The highest BCUT2D eigenvalue weighted by atomic mass is 35.5. The monoisotopic (exact) mass is 474 g/mol. The summed E-state index contributed by atoms with van der Waals surface area (Å²) in [4.78, 5) is 12.6. The molecule has 0 spiro atoms. The number of nitrogens with one attached hydrogen (secondary N) is 1. The summed E-state index contributed by atoms with van der Waals surface area (Å²) in [5, 5.41) is 3.05. The van der Waals surface area contributed by atoms with E-state index in [1.807, 2.05) is 19.1 Å². The molecule has 1 N–H and O–H groups in total. The predicted octanol–water partition coefficient (Wildman–Crippen LogP) is 5.94. The van der Waals surface area contributed by atoms with Gasteiger partial charge in [-0.2, -0.15) is 0 Å². The van der Waals surface area contributed by atoms with Crippen LogP contribution in [0, 0.1) is 6.92 Å². The molecular weight excluding hydrogens is 455 g/mol. The zero-order valence-corrected chi connectivity index (χ0v) is 19.0. The maximum Gasteiger partial charge on any atom is 0.266 e. The van der Waals surface area contributed by atoms with Gasteiger partial charge in [0, 0.05) is 11.3 Å². The van der Waals surface area contributed by atoms with E-state index in [2.05, 4.69) is 11.9 Å². The van der Waals surface area contributed by atoms with E-state index in [0.29, 0.717) is 5.69 Å². The largest absolute Gasteiger partial charge is 0.322 e. The zero-order valence-electron chi connectivity index (χ0n) is 16.7. The Morgan fingerprint density at radius 1 is 1.03 bits per heavy atom. The third-order valence-corrected chi connectivity index (χ3v) is 7.15. The van der Waals surface area contributed by atoms with Crippen LogP contribution in [0.4, 0.5) is 11.4 Å². The Bertz CT molecular complexity index is 1240. The van der Waals surface area contributed by atoms with E-state index >= 15 is 0 Å². The van der Waals surface area contributed by atoms with Crippen LogP contribution in [-0.4, -0.2) is 20.9 Å². The minimum atomic E-state index is -4.14. The summed E-state index contributed by atoms with van der Waals surface area (Å²) in [6.45, 7) is 5.48. The molecule has 0 saturated heterocycles. The average Bonchev–Trinajstić information content (AvgIpc) is 2.74. The van der Waals surface area contributed by atoms with Gasteiger partial charge in [-0.15, -0.1) is 6.58 Å². The van der Waals surface area contributed by atoms with Gasteiger partial charge in [-0.1, -0.05) is 59.6 Å². The Labute approximate surface area is 192 Å². The van der Waals surface area contributed by atoms with Crippen LogP contribution in [0.3, 0.4) is 0 Å². The average molecular weight is 475 g/mol. The molecule has 0 heterocycles. The second kappa shape index (κ2) is 9.56. The van der Waals surface area contributed by atoms with Crippen LogP contribution in [0.1, 0.15) is 15.9 Å². The highest BCUT2D eigenvalue weighted by Gasteiger charge is 2.28. The number of nitrogens with zero attached hydrogens (tertiary/aromatic N) is 1. The normalized spacial score (nSPS) is 11.1. The molecule has 0 aliphatic heterocycles. The van der Waals surface area contributed by atoms with Crippen molar-refractivity contribution in [3.8, 4) is 0 Å². The number of sulfonamides is 1. The van der Waals surface area contributed by atoms with E-state index in [1.54, 1.807) is 36.4 Å². The van der Waals surface area contributed by atoms with Gasteiger partial charge < -0.3 is 5.32 Å². The number of rotatable bonds is 7. The number of hydrogen-bond donors (Lipinski definition) is 1. The molecule has 0 saturated carbocycles. The molecule has 3 aromatic carbocycles. The summed E-state index contributed by atoms with van der Waals surface area (Å²) in [7, 11) is -4.14. The smallest absolute Gasteiger partial charge is 0.266 e. The first kappa shape index (κ1) is 22.9. The first-order chi connectivity index (χ1) is 14.8. The summed E-state index contributed by atoms with van der Waals surface area (Å²) < 4.78 is 28.1. The highest BCUT2D eigenvalue weighted by Crippen LogP contribution is 2.33. The molecule has 0 radical (unpaired) electrons. The van der Waals surface area contributed by atoms with Crippen molar-refractivity contribution in [2.24, 2.45) is 0 Å². The molecule has 160 valence electrons. The molecule has 0 aliphatic rings. The Balaban J connectivity index is 2.03. The van der Waals surface area contributed by atoms with E-state index in [-0.39, 0.29) is 32.7 Å². The molecule has 0 fully saturated rings. The fourth-order valence-electron chi connectivity index (χ4n) is 2.97. The maximum absolute atomic E-state index is 13.5. The summed E-state index contributed by atoms with van der Waals surface area (Å²) in [6.07, 6.45) is 1.45. The molecule has 1 amide bonds. The molecule has 0 bridgehead atoms. The van der Waals surface area contributed by atoms with Crippen molar-refractivity contribution in [3.63, 3.8) is 0 Å². The number of amides is 1. The molecule has 0 unspecified atom stereocenters. The van der Waals surface area contributed by atoms with Crippen LogP contribution < -0.4 is 9.62 Å². The van der Waals surface area contributed by atoms with Crippen molar-refractivity contribution >= 4 is 50.5 Å². The second-order valence-electron chi connectivity index (χ2n) is 6.69. The van der Waals surface area contributed by atoms with Gasteiger partial charge in [-0.05, 0) is 48.9 Å². The highest BCUT2D eigenvalue weighted by molar-refractivity contribution is 7.93. The van der Waals surface area contributed by atoms with Crippen molar-refractivity contribution < 1.29 is 13.2 Å². The number of hydrogen-bond acceptors (Lipinski definition) is 3. The molecule has 0 aromatic heterocycles. The van der Waals surface area contributed by atoms with E-state index in [1.165, 1.54) is 24.3 Å². The third-order valence-electron chi connectivity index (χ3n) is 4.57. The number of carbonyl (C=O) groups excluding carboxylic acids is 1. The molecule has 31 heavy (non-hydrogen) atoms. The van der Waals surface area contributed by atoms with Gasteiger partial charge in [0.1, 0.15) is 4.90 Å². The lowest BCUT2D eigenvalue weighted by atomic mass is 10.1. The first-order valence-electron chi connectivity index (χ1n) is 9.30. The lowest BCUT2D eigenvalue weighted by Crippen LogP contribution is -2.32. The summed E-state index contributed by atoms with van der Waals surface area (Å²) in [6, 6.07) is 18.0. The lowest BCUT2D eigenvalue weighted by Gasteiger charge is -2.24. The van der Waals surface area contributed by atoms with Crippen molar-refractivity contribution in [3.05, 3.63) is 101 Å². The number of aryl methyl sites for hydroxylation is 1.